The largest absolute Gasteiger partial charge is 0.458 e. The van der Waals surface area contributed by atoms with E-state index in [0.29, 0.717) is 34.0 Å². The van der Waals surface area contributed by atoms with Gasteiger partial charge in [-0.2, -0.15) is 0 Å². The summed E-state index contributed by atoms with van der Waals surface area (Å²) in [6, 6.07) is 3.75. The molecule has 1 saturated heterocycles. The number of rotatable bonds is 9. The quantitative estimate of drug-likeness (QED) is 0.167. The van der Waals surface area contributed by atoms with Gasteiger partial charge in [0.05, 0.1) is 19.4 Å². The fourth-order valence-corrected chi connectivity index (χ4v) is 8.47. The predicted octanol–water partition coefficient (Wildman–Crippen LogP) is 5.54. The van der Waals surface area contributed by atoms with E-state index in [4.69, 9.17) is 20.6 Å². The summed E-state index contributed by atoms with van der Waals surface area (Å²) >= 11 is 0. The highest BCUT2D eigenvalue weighted by molar-refractivity contribution is 5.98. The molecule has 2 N–H and O–H groups in total. The van der Waals surface area contributed by atoms with Crippen molar-refractivity contribution < 1.29 is 33.7 Å². The third kappa shape index (κ3) is 6.73. The van der Waals surface area contributed by atoms with Crippen LogP contribution in [-0.2, 0) is 29.3 Å². The van der Waals surface area contributed by atoms with Gasteiger partial charge in [0.2, 0.25) is 5.91 Å². The lowest BCUT2D eigenvalue weighted by molar-refractivity contribution is -0.160. The predicted molar refractivity (Wildman–Crippen MR) is 185 cm³/mol. The molecule has 3 atom stereocenters. The number of anilines is 1. The lowest BCUT2D eigenvalue weighted by atomic mass is 9.55. The minimum atomic E-state index is -1.62. The van der Waals surface area contributed by atoms with Gasteiger partial charge < -0.3 is 24.6 Å². The van der Waals surface area contributed by atoms with Crippen LogP contribution in [0.15, 0.2) is 18.5 Å². The van der Waals surface area contributed by atoms with Gasteiger partial charge in [-0.05, 0) is 69.1 Å². The molecule has 3 heterocycles. The maximum absolute atomic E-state index is 13.6. The molecule has 2 saturated carbocycles. The van der Waals surface area contributed by atoms with E-state index in [9.17, 15) is 19.5 Å². The smallest absolute Gasteiger partial charge is 0.308 e. The topological polar surface area (TPSA) is 155 Å². The third-order valence-corrected chi connectivity index (χ3v) is 10.7. The summed E-state index contributed by atoms with van der Waals surface area (Å²) < 4.78 is 19.5. The highest BCUT2D eigenvalue weighted by Crippen LogP contribution is 2.55. The zero-order valence-electron chi connectivity index (χ0n) is 29.8. The molecule has 3 fully saturated rings. The Hall–Kier alpha value is -4.34. The summed E-state index contributed by atoms with van der Waals surface area (Å²) in [5, 5.41) is 13.5. The molecule has 12 heteroatoms. The first-order valence-electron chi connectivity index (χ1n) is 17.5. The number of esters is 2. The van der Waals surface area contributed by atoms with Gasteiger partial charge in [0.25, 0.3) is 0 Å². The highest BCUT2D eigenvalue weighted by Gasteiger charge is 2.52. The van der Waals surface area contributed by atoms with Crippen LogP contribution in [-0.4, -0.2) is 60.8 Å². The Morgan fingerprint density at radius 3 is 2.52 bits per heavy atom. The Labute approximate surface area is 292 Å². The van der Waals surface area contributed by atoms with E-state index in [1.165, 1.54) is 45.4 Å². The lowest BCUT2D eigenvalue weighted by Gasteiger charge is -2.49. The van der Waals surface area contributed by atoms with E-state index < -0.39 is 41.9 Å². The van der Waals surface area contributed by atoms with Crippen LogP contribution in [0, 0.1) is 44.4 Å². The van der Waals surface area contributed by atoms with Crippen molar-refractivity contribution in [3.8, 4) is 18.1 Å². The van der Waals surface area contributed by atoms with Crippen LogP contribution >= 0.6 is 0 Å². The molecule has 1 aliphatic heterocycles. The van der Waals surface area contributed by atoms with Crippen molar-refractivity contribution in [1.82, 2.24) is 19.5 Å². The first-order valence-corrected chi connectivity index (χ1v) is 17.5. The van der Waals surface area contributed by atoms with Crippen LogP contribution in [0.25, 0.3) is 11.2 Å². The summed E-state index contributed by atoms with van der Waals surface area (Å²) in [4.78, 5) is 52.4. The minimum Gasteiger partial charge on any atom is -0.458 e. The van der Waals surface area contributed by atoms with Gasteiger partial charge in [-0.3, -0.25) is 19.0 Å². The Bertz CT molecular complexity index is 1860. The second-order valence-corrected chi connectivity index (χ2v) is 15.2. The molecule has 50 heavy (non-hydrogen) atoms. The number of aliphatic hydroxyl groups is 1. The molecular formula is C38H47N5O7. The van der Waals surface area contributed by atoms with Crippen LogP contribution in [0.5, 0.6) is 5.75 Å². The number of nitrogens with zero attached hydrogens (tertiary/aromatic N) is 4. The maximum atomic E-state index is 13.6. The van der Waals surface area contributed by atoms with Crippen LogP contribution in [0.4, 0.5) is 5.82 Å². The van der Waals surface area contributed by atoms with E-state index in [1.807, 2.05) is 33.8 Å². The molecule has 0 radical (unpaired) electrons. The summed E-state index contributed by atoms with van der Waals surface area (Å²) in [6.45, 7) is 10.0. The molecule has 12 nitrogen and oxygen atoms in total. The number of aryl methyl sites for hydroxylation is 3. The zero-order valence-corrected chi connectivity index (χ0v) is 29.8. The van der Waals surface area contributed by atoms with E-state index in [2.05, 4.69) is 26.2 Å². The number of fused-ring (bicyclic) bond motifs is 1. The van der Waals surface area contributed by atoms with Gasteiger partial charge in [0.15, 0.2) is 22.6 Å². The summed E-state index contributed by atoms with van der Waals surface area (Å²) in [7, 11) is 0. The molecule has 6 rings (SSSR count). The second-order valence-electron chi connectivity index (χ2n) is 15.2. The summed E-state index contributed by atoms with van der Waals surface area (Å²) in [5.74, 6) is 2.55. The molecule has 2 aromatic heterocycles. The van der Waals surface area contributed by atoms with Gasteiger partial charge in [0.1, 0.15) is 23.9 Å². The van der Waals surface area contributed by atoms with Crippen molar-refractivity contribution in [2.75, 3.05) is 11.9 Å². The average Bonchev–Trinajstić information content (AvgIpc) is 3.60. The first-order chi connectivity index (χ1) is 23.7. The average molecular weight is 686 g/mol. The number of benzene rings is 1. The molecule has 1 aromatic carbocycles. The number of nitrogens with one attached hydrogen (secondary N) is 1. The zero-order chi connectivity index (χ0) is 36.0. The number of carbonyl (C=O) groups is 3. The van der Waals surface area contributed by atoms with E-state index in [0.717, 1.165) is 29.5 Å². The van der Waals surface area contributed by atoms with E-state index in [1.54, 1.807) is 17.6 Å². The third-order valence-electron chi connectivity index (χ3n) is 10.7. The number of hydrogen-bond acceptors (Lipinski definition) is 10. The Morgan fingerprint density at radius 2 is 1.86 bits per heavy atom. The normalized spacial score (nSPS) is 23.3. The number of imidazole rings is 1. The second kappa shape index (κ2) is 13.4. The molecule has 1 amide bonds. The highest BCUT2D eigenvalue weighted by atomic mass is 16.6. The van der Waals surface area contributed by atoms with Crippen LogP contribution < -0.4 is 10.1 Å². The number of carbonyl (C=O) groups excluding carboxylic acids is 3. The molecule has 0 bridgehead atoms. The molecular weight excluding hydrogens is 638 g/mol. The van der Waals surface area contributed by atoms with Crippen LogP contribution in [0.2, 0.25) is 0 Å². The van der Waals surface area contributed by atoms with Crippen molar-refractivity contribution in [2.24, 2.45) is 11.3 Å². The standard InChI is InChI=1S/C38H47N5O7/c1-8-38(20-44)28(49-30(46)19-36(6,7)31-23(3)14-22(2)15-27(31)48-25(5)45)16-29(50-38)43-21-39-32-33(40-24(4)41-34(32)43)42-35(47)26-17-37(18-26)12-10-9-11-13-37/h1,14-15,21,26,28-29,44H,9-13,16-20H2,2-7H3,(H,40,41,42,47)/t28-,29+,38+/m0/s1. The van der Waals surface area contributed by atoms with E-state index in [-0.39, 0.29) is 24.7 Å². The Morgan fingerprint density at radius 1 is 1.14 bits per heavy atom. The van der Waals surface area contributed by atoms with Gasteiger partial charge in [-0.15, -0.1) is 6.42 Å². The van der Waals surface area contributed by atoms with Gasteiger partial charge in [-0.25, -0.2) is 15.0 Å². The number of aliphatic hydroxyl groups excluding tert-OH is 1. The summed E-state index contributed by atoms with van der Waals surface area (Å²) in [6.07, 6.45) is 13.7. The monoisotopic (exact) mass is 685 g/mol. The fraction of sp³-hybridized carbons (Fsp3) is 0.579. The number of amides is 1. The number of aromatic nitrogens is 4. The van der Waals surface area contributed by atoms with Crippen molar-refractivity contribution >= 4 is 34.8 Å². The van der Waals surface area contributed by atoms with Crippen molar-refractivity contribution in [1.29, 1.82) is 0 Å². The van der Waals surface area contributed by atoms with Crippen LogP contribution in [0.3, 0.4) is 0 Å². The van der Waals surface area contributed by atoms with E-state index >= 15 is 0 Å². The number of terminal acetylenes is 1. The van der Waals surface area contributed by atoms with Crippen molar-refractivity contribution in [3.05, 3.63) is 41.0 Å². The number of hydrogen-bond donors (Lipinski definition) is 2. The van der Waals surface area contributed by atoms with Crippen molar-refractivity contribution in [3.63, 3.8) is 0 Å². The molecule has 0 unspecified atom stereocenters. The molecule has 3 aliphatic rings. The summed E-state index contributed by atoms with van der Waals surface area (Å²) in [5.41, 5.74) is 1.23. The Balaban J connectivity index is 1.19. The lowest BCUT2D eigenvalue weighted by Crippen LogP contribution is -2.44. The molecule has 3 aromatic rings. The van der Waals surface area contributed by atoms with Gasteiger partial charge in [0, 0.05) is 30.2 Å². The molecule has 266 valence electrons. The van der Waals surface area contributed by atoms with Gasteiger partial charge in [-0.1, -0.05) is 45.1 Å². The fourth-order valence-electron chi connectivity index (χ4n) is 8.47. The maximum Gasteiger partial charge on any atom is 0.308 e. The SMILES string of the molecule is C#C[C@]1(CO)O[C@@H](n2cnc3c(NC(=O)C4CC5(CCCCC5)C4)nc(C)nc32)C[C@@H]1OC(=O)CC(C)(C)c1c(C)cc(C)cc1OC(C)=O. The molecule has 2 aliphatic carbocycles. The number of ether oxygens (including phenoxy) is 3. The Kier molecular flexibility index (Phi) is 9.52. The van der Waals surface area contributed by atoms with Gasteiger partial charge >= 0.3 is 11.9 Å². The minimum absolute atomic E-state index is 0.0527. The first kappa shape index (κ1) is 35.5. The molecule has 1 spiro atoms. The van der Waals surface area contributed by atoms with Crippen molar-refractivity contribution in [2.45, 2.75) is 123 Å². The van der Waals surface area contributed by atoms with Crippen LogP contribution in [0.1, 0.15) is 107 Å².